The second-order valence-electron chi connectivity index (χ2n) is 4.77. The minimum Gasteiger partial charge on any atom is -0.462 e. The highest BCUT2D eigenvalue weighted by molar-refractivity contribution is 6.40. The lowest BCUT2D eigenvalue weighted by atomic mass is 10.1. The Balaban J connectivity index is 2.40. The molecule has 1 aliphatic rings. The number of aromatic nitrogens is 1. The molecule has 1 aliphatic heterocycles. The molecule has 0 unspecified atom stereocenters. The average molecular weight is 293 g/mol. The van der Waals surface area contributed by atoms with Gasteiger partial charge in [-0.25, -0.2) is 9.59 Å². The van der Waals surface area contributed by atoms with E-state index in [-0.39, 0.29) is 18.9 Å². The van der Waals surface area contributed by atoms with Crippen molar-refractivity contribution in [2.24, 2.45) is 0 Å². The highest BCUT2D eigenvalue weighted by Gasteiger charge is 2.29. The molecule has 0 bridgehead atoms. The van der Waals surface area contributed by atoms with Crippen LogP contribution in [0.4, 0.5) is 0 Å². The van der Waals surface area contributed by atoms with E-state index >= 15 is 0 Å². The maximum atomic E-state index is 12.2. The van der Waals surface area contributed by atoms with Crippen LogP contribution in [0, 0.1) is 0 Å². The fourth-order valence-corrected chi connectivity index (χ4v) is 2.55. The zero-order valence-electron chi connectivity index (χ0n) is 12.3. The summed E-state index contributed by atoms with van der Waals surface area (Å²) < 4.78 is 11.5. The summed E-state index contributed by atoms with van der Waals surface area (Å²) in [5.41, 5.74) is 1.36. The first kappa shape index (κ1) is 15.3. The van der Waals surface area contributed by atoms with Crippen LogP contribution in [0.2, 0.25) is 0 Å². The van der Waals surface area contributed by atoms with Crippen molar-refractivity contribution in [1.82, 2.24) is 4.57 Å². The van der Waals surface area contributed by atoms with Crippen molar-refractivity contribution >= 4 is 17.7 Å². The minimum atomic E-state index is -0.890. The maximum Gasteiger partial charge on any atom is 0.381 e. The lowest BCUT2D eigenvalue weighted by Gasteiger charge is -2.18. The van der Waals surface area contributed by atoms with Crippen molar-refractivity contribution in [3.8, 4) is 0 Å². The van der Waals surface area contributed by atoms with Gasteiger partial charge in [0.1, 0.15) is 0 Å². The molecule has 0 saturated carbocycles. The number of ether oxygens (including phenoxy) is 2. The first-order chi connectivity index (χ1) is 10.1. The number of rotatable bonds is 5. The zero-order valence-corrected chi connectivity index (χ0v) is 12.3. The van der Waals surface area contributed by atoms with E-state index in [2.05, 4.69) is 0 Å². The molecular weight excluding hydrogens is 274 g/mol. The fourth-order valence-electron chi connectivity index (χ4n) is 2.55. The van der Waals surface area contributed by atoms with E-state index in [1.54, 1.807) is 18.4 Å². The van der Waals surface area contributed by atoms with Gasteiger partial charge in [-0.05, 0) is 39.2 Å². The normalized spacial score (nSPS) is 13.4. The predicted molar refractivity (Wildman–Crippen MR) is 74.3 cm³/mol. The lowest BCUT2D eigenvalue weighted by molar-refractivity contribution is -0.137. The molecule has 21 heavy (non-hydrogen) atoms. The molecule has 114 valence electrons. The monoisotopic (exact) mass is 293 g/mol. The predicted octanol–water partition coefficient (Wildman–Crippen LogP) is 1.75. The Morgan fingerprint density at radius 2 is 1.86 bits per heavy atom. The van der Waals surface area contributed by atoms with Crippen molar-refractivity contribution in [2.75, 3.05) is 13.2 Å². The molecular formula is C15H19NO5. The van der Waals surface area contributed by atoms with Crippen LogP contribution < -0.4 is 0 Å². The highest BCUT2D eigenvalue weighted by Crippen LogP contribution is 2.25. The molecule has 0 atom stereocenters. The average Bonchev–Trinajstić information content (AvgIpc) is 2.86. The number of ketones is 1. The van der Waals surface area contributed by atoms with E-state index < -0.39 is 17.7 Å². The zero-order chi connectivity index (χ0) is 15.4. The number of hydrogen-bond donors (Lipinski definition) is 0. The standard InChI is InChI=1S/C15H19NO5/c1-3-20-14(18)10-9-12(13(17)15(19)21-4-2)16-8-6-5-7-11(10)16/h9H,3-8H2,1-2H3. The summed E-state index contributed by atoms with van der Waals surface area (Å²) in [7, 11) is 0. The number of carbonyl (C=O) groups excluding carboxylic acids is 3. The van der Waals surface area contributed by atoms with Gasteiger partial charge >= 0.3 is 11.9 Å². The molecule has 0 aliphatic carbocycles. The van der Waals surface area contributed by atoms with Crippen molar-refractivity contribution in [2.45, 2.75) is 39.7 Å². The first-order valence-electron chi connectivity index (χ1n) is 7.21. The number of nitrogens with zero attached hydrogens (tertiary/aromatic N) is 1. The Labute approximate surface area is 123 Å². The Kier molecular flexibility index (Phi) is 4.77. The fraction of sp³-hybridized carbons (Fsp3) is 0.533. The summed E-state index contributed by atoms with van der Waals surface area (Å²) in [6, 6.07) is 1.46. The van der Waals surface area contributed by atoms with Gasteiger partial charge in [0.15, 0.2) is 0 Å². The molecule has 6 nitrogen and oxygen atoms in total. The van der Waals surface area contributed by atoms with Crippen molar-refractivity contribution in [1.29, 1.82) is 0 Å². The van der Waals surface area contributed by atoms with Crippen LogP contribution in [0.3, 0.4) is 0 Å². The molecule has 2 heterocycles. The van der Waals surface area contributed by atoms with Crippen LogP contribution in [-0.4, -0.2) is 35.5 Å². The molecule has 6 heteroatoms. The van der Waals surface area contributed by atoms with Crippen molar-refractivity contribution < 1.29 is 23.9 Å². The Hall–Kier alpha value is -2.11. The van der Waals surface area contributed by atoms with Crippen molar-refractivity contribution in [3.63, 3.8) is 0 Å². The van der Waals surface area contributed by atoms with Crippen LogP contribution in [0.1, 0.15) is 53.2 Å². The molecule has 0 aromatic carbocycles. The van der Waals surface area contributed by atoms with Gasteiger partial charge in [0.2, 0.25) is 0 Å². The highest BCUT2D eigenvalue weighted by atomic mass is 16.5. The molecule has 0 fully saturated rings. The van der Waals surface area contributed by atoms with Gasteiger partial charge in [-0.3, -0.25) is 4.79 Å². The van der Waals surface area contributed by atoms with Gasteiger partial charge in [0, 0.05) is 12.2 Å². The van der Waals surface area contributed by atoms with Crippen LogP contribution in [-0.2, 0) is 27.2 Å². The first-order valence-corrected chi connectivity index (χ1v) is 7.21. The Bertz CT molecular complexity index is 573. The molecule has 0 spiro atoms. The van der Waals surface area contributed by atoms with Gasteiger partial charge in [-0.2, -0.15) is 0 Å². The quantitative estimate of drug-likeness (QED) is 0.469. The van der Waals surface area contributed by atoms with E-state index in [1.165, 1.54) is 6.07 Å². The summed E-state index contributed by atoms with van der Waals surface area (Å²) in [5.74, 6) is -2.06. The van der Waals surface area contributed by atoms with Crippen LogP contribution >= 0.6 is 0 Å². The molecule has 0 radical (unpaired) electrons. The smallest absolute Gasteiger partial charge is 0.381 e. The summed E-state index contributed by atoms with van der Waals surface area (Å²) in [5, 5.41) is 0. The van der Waals surface area contributed by atoms with Gasteiger partial charge in [0.05, 0.1) is 24.5 Å². The third kappa shape index (κ3) is 2.99. The molecule has 1 aromatic rings. The molecule has 0 saturated heterocycles. The third-order valence-corrected chi connectivity index (χ3v) is 3.44. The summed E-state index contributed by atoms with van der Waals surface area (Å²) >= 11 is 0. The summed E-state index contributed by atoms with van der Waals surface area (Å²) in [6.45, 7) is 4.40. The van der Waals surface area contributed by atoms with Crippen LogP contribution in [0.15, 0.2) is 6.07 Å². The minimum absolute atomic E-state index is 0.142. The Morgan fingerprint density at radius 3 is 2.52 bits per heavy atom. The van der Waals surface area contributed by atoms with Gasteiger partial charge < -0.3 is 14.0 Å². The summed E-state index contributed by atoms with van der Waals surface area (Å²) in [6.07, 6.45) is 2.56. The number of fused-ring (bicyclic) bond motifs is 1. The number of hydrogen-bond acceptors (Lipinski definition) is 5. The van der Waals surface area contributed by atoms with Gasteiger partial charge in [-0.15, -0.1) is 0 Å². The van der Waals surface area contributed by atoms with Gasteiger partial charge in [-0.1, -0.05) is 0 Å². The van der Waals surface area contributed by atoms with Crippen molar-refractivity contribution in [3.05, 3.63) is 23.0 Å². The topological polar surface area (TPSA) is 74.6 Å². The van der Waals surface area contributed by atoms with Crippen LogP contribution in [0.25, 0.3) is 0 Å². The lowest BCUT2D eigenvalue weighted by Crippen LogP contribution is -2.23. The molecule has 2 rings (SSSR count). The SMILES string of the molecule is CCOC(=O)C(=O)c1cc(C(=O)OCC)c2n1CCCC2. The number of carbonyl (C=O) groups is 3. The maximum absolute atomic E-state index is 12.2. The van der Waals surface area contributed by atoms with E-state index in [0.717, 1.165) is 18.5 Å². The van der Waals surface area contributed by atoms with E-state index in [9.17, 15) is 14.4 Å². The van der Waals surface area contributed by atoms with E-state index in [4.69, 9.17) is 9.47 Å². The van der Waals surface area contributed by atoms with Gasteiger partial charge in [0.25, 0.3) is 5.78 Å². The number of esters is 2. The number of Topliss-reactive ketones (excluding diaryl/α,β-unsaturated/α-hetero) is 1. The third-order valence-electron chi connectivity index (χ3n) is 3.44. The van der Waals surface area contributed by atoms with E-state index in [1.807, 2.05) is 0 Å². The second kappa shape index (κ2) is 6.56. The van der Waals surface area contributed by atoms with E-state index in [0.29, 0.717) is 18.5 Å². The molecule has 0 amide bonds. The van der Waals surface area contributed by atoms with Crippen LogP contribution in [0.5, 0.6) is 0 Å². The Morgan fingerprint density at radius 1 is 1.14 bits per heavy atom. The largest absolute Gasteiger partial charge is 0.462 e. The molecule has 1 aromatic heterocycles. The second-order valence-corrected chi connectivity index (χ2v) is 4.77. The molecule has 0 N–H and O–H groups in total. The summed E-state index contributed by atoms with van der Waals surface area (Å²) in [4.78, 5) is 35.8.